The molecule has 6 heteroatoms. The summed E-state index contributed by atoms with van der Waals surface area (Å²) in [5, 5.41) is 3.34. The first-order valence-corrected chi connectivity index (χ1v) is 7.11. The Labute approximate surface area is 114 Å². The molecule has 19 heavy (non-hydrogen) atoms. The monoisotopic (exact) mass is 280 g/mol. The summed E-state index contributed by atoms with van der Waals surface area (Å²) in [7, 11) is 1.60. The highest BCUT2D eigenvalue weighted by Gasteiger charge is 2.14. The van der Waals surface area contributed by atoms with Gasteiger partial charge in [0.1, 0.15) is 0 Å². The van der Waals surface area contributed by atoms with Gasteiger partial charge in [0.25, 0.3) is 0 Å². The maximum atomic E-state index is 11.3. The van der Waals surface area contributed by atoms with Crippen molar-refractivity contribution >= 4 is 21.6 Å². The van der Waals surface area contributed by atoms with Crippen LogP contribution < -0.4 is 15.0 Å². The zero-order chi connectivity index (χ0) is 13.2. The van der Waals surface area contributed by atoms with Gasteiger partial charge in [-0.2, -0.15) is 0 Å². The highest BCUT2D eigenvalue weighted by Crippen LogP contribution is 2.29. The molecule has 0 saturated carbocycles. The topological polar surface area (TPSA) is 54.7 Å². The van der Waals surface area contributed by atoms with Crippen molar-refractivity contribution in [3.63, 3.8) is 0 Å². The summed E-state index contributed by atoms with van der Waals surface area (Å²) in [5.74, 6) is 0.640. The summed E-state index contributed by atoms with van der Waals surface area (Å²) in [6, 6.07) is 3.98. The van der Waals surface area contributed by atoms with Crippen molar-refractivity contribution in [3.8, 4) is 5.75 Å². The Bertz CT molecular complexity index is 628. The van der Waals surface area contributed by atoms with Crippen LogP contribution in [0.2, 0.25) is 0 Å². The molecule has 0 bridgehead atoms. The van der Waals surface area contributed by atoms with Crippen molar-refractivity contribution in [2.24, 2.45) is 0 Å². The molecule has 1 saturated heterocycles. The Morgan fingerprint density at radius 1 is 1.42 bits per heavy atom. The van der Waals surface area contributed by atoms with Gasteiger partial charge in [-0.05, 0) is 17.7 Å². The second kappa shape index (κ2) is 5.32. The second-order valence-corrected chi connectivity index (χ2v) is 5.58. The predicted molar refractivity (Wildman–Crippen MR) is 75.1 cm³/mol. The van der Waals surface area contributed by atoms with E-state index >= 15 is 0 Å². The fourth-order valence-corrected chi connectivity index (χ4v) is 3.12. The molecule has 0 atom stereocenters. The summed E-state index contributed by atoms with van der Waals surface area (Å²) in [6.07, 6.45) is 0. The minimum atomic E-state index is -0.285. The van der Waals surface area contributed by atoms with Crippen molar-refractivity contribution in [3.05, 3.63) is 27.4 Å². The number of rotatable bonds is 3. The maximum absolute atomic E-state index is 11.3. The van der Waals surface area contributed by atoms with Gasteiger partial charge in [-0.3, -0.25) is 4.90 Å². The molecule has 0 unspecified atom stereocenters. The van der Waals surface area contributed by atoms with Gasteiger partial charge < -0.3 is 14.5 Å². The lowest BCUT2D eigenvalue weighted by Crippen LogP contribution is -2.42. The minimum absolute atomic E-state index is 0.285. The van der Waals surface area contributed by atoms with E-state index in [4.69, 9.17) is 9.15 Å². The van der Waals surface area contributed by atoms with E-state index in [1.54, 1.807) is 7.11 Å². The Hall–Kier alpha value is -1.37. The van der Waals surface area contributed by atoms with Crippen molar-refractivity contribution in [1.82, 2.24) is 10.2 Å². The number of nitrogens with one attached hydrogen (secondary N) is 1. The third-order valence-electron chi connectivity index (χ3n) is 3.29. The molecule has 0 amide bonds. The van der Waals surface area contributed by atoms with Crippen LogP contribution in [0.5, 0.6) is 5.75 Å². The SMILES string of the molecule is COc1cc(CN2CCNCC2)cc2sc(=O)oc12. The summed E-state index contributed by atoms with van der Waals surface area (Å²) in [5.41, 5.74) is 1.71. The molecule has 1 aliphatic heterocycles. The van der Waals surface area contributed by atoms with E-state index in [0.29, 0.717) is 11.3 Å². The van der Waals surface area contributed by atoms with Gasteiger partial charge in [-0.1, -0.05) is 11.3 Å². The van der Waals surface area contributed by atoms with Crippen LogP contribution in [0.25, 0.3) is 10.3 Å². The van der Waals surface area contributed by atoms with Gasteiger partial charge >= 0.3 is 4.94 Å². The summed E-state index contributed by atoms with van der Waals surface area (Å²) in [6.45, 7) is 5.01. The predicted octanol–water partition coefficient (Wildman–Crippen LogP) is 1.27. The number of methoxy groups -OCH3 is 1. The number of nitrogens with zero attached hydrogens (tertiary/aromatic N) is 1. The van der Waals surface area contributed by atoms with Gasteiger partial charge in [-0.25, -0.2) is 4.79 Å². The quantitative estimate of drug-likeness (QED) is 0.917. The third-order valence-corrected chi connectivity index (χ3v) is 4.07. The van der Waals surface area contributed by atoms with E-state index in [2.05, 4.69) is 10.2 Å². The van der Waals surface area contributed by atoms with Crippen molar-refractivity contribution in [1.29, 1.82) is 0 Å². The molecular weight excluding hydrogens is 264 g/mol. The smallest absolute Gasteiger partial charge is 0.396 e. The van der Waals surface area contributed by atoms with E-state index in [0.717, 1.165) is 54.3 Å². The number of ether oxygens (including phenoxy) is 1. The summed E-state index contributed by atoms with van der Waals surface area (Å²) >= 11 is 1.12. The molecule has 0 aliphatic carbocycles. The number of fused-ring (bicyclic) bond motifs is 1. The average molecular weight is 280 g/mol. The van der Waals surface area contributed by atoms with Crippen molar-refractivity contribution < 1.29 is 9.15 Å². The molecule has 2 aromatic rings. The first-order valence-electron chi connectivity index (χ1n) is 6.30. The zero-order valence-electron chi connectivity index (χ0n) is 10.8. The van der Waals surface area contributed by atoms with Crippen LogP contribution in [0.4, 0.5) is 0 Å². The van der Waals surface area contributed by atoms with Crippen LogP contribution in [-0.4, -0.2) is 38.2 Å². The van der Waals surface area contributed by atoms with Crippen molar-refractivity contribution in [2.45, 2.75) is 6.54 Å². The largest absolute Gasteiger partial charge is 0.493 e. The fraction of sp³-hybridized carbons (Fsp3) is 0.462. The molecule has 0 radical (unpaired) electrons. The Kier molecular flexibility index (Phi) is 3.54. The Balaban J connectivity index is 1.92. The molecule has 1 aromatic carbocycles. The average Bonchev–Trinajstić information content (AvgIpc) is 2.79. The minimum Gasteiger partial charge on any atom is -0.493 e. The van der Waals surface area contributed by atoms with E-state index in [-0.39, 0.29) is 4.94 Å². The lowest BCUT2D eigenvalue weighted by atomic mass is 10.2. The van der Waals surface area contributed by atoms with Crippen LogP contribution in [-0.2, 0) is 6.54 Å². The highest BCUT2D eigenvalue weighted by molar-refractivity contribution is 7.16. The molecule has 5 nitrogen and oxygen atoms in total. The molecule has 3 rings (SSSR count). The van der Waals surface area contributed by atoms with E-state index < -0.39 is 0 Å². The second-order valence-electron chi connectivity index (χ2n) is 4.61. The first-order chi connectivity index (χ1) is 9.26. The molecule has 2 heterocycles. The van der Waals surface area contributed by atoms with E-state index in [1.807, 2.05) is 12.1 Å². The molecule has 0 spiro atoms. The summed E-state index contributed by atoms with van der Waals surface area (Å²) in [4.78, 5) is 13.4. The van der Waals surface area contributed by atoms with Gasteiger partial charge in [0.05, 0.1) is 11.8 Å². The third kappa shape index (κ3) is 2.65. The van der Waals surface area contributed by atoms with Crippen molar-refractivity contribution in [2.75, 3.05) is 33.3 Å². The van der Waals surface area contributed by atoms with Crippen LogP contribution in [0.1, 0.15) is 5.56 Å². The van der Waals surface area contributed by atoms with E-state index in [9.17, 15) is 4.79 Å². The fourth-order valence-electron chi connectivity index (χ4n) is 2.37. The lowest BCUT2D eigenvalue weighted by molar-refractivity contribution is 0.233. The highest BCUT2D eigenvalue weighted by atomic mass is 32.1. The van der Waals surface area contributed by atoms with Gasteiger partial charge in [-0.15, -0.1) is 0 Å². The molecular formula is C13H16N2O3S. The Morgan fingerprint density at radius 2 is 2.21 bits per heavy atom. The first kappa shape index (κ1) is 12.7. The number of hydrogen-bond acceptors (Lipinski definition) is 6. The van der Waals surface area contributed by atoms with E-state index in [1.165, 1.54) is 0 Å². The molecule has 1 aliphatic rings. The lowest BCUT2D eigenvalue weighted by Gasteiger charge is -2.27. The molecule has 102 valence electrons. The molecule has 1 N–H and O–H groups in total. The normalized spacial score (nSPS) is 16.9. The van der Waals surface area contributed by atoms with Gasteiger partial charge in [0, 0.05) is 32.7 Å². The molecule has 1 aromatic heterocycles. The van der Waals surface area contributed by atoms with Crippen LogP contribution in [0, 0.1) is 0 Å². The maximum Gasteiger partial charge on any atom is 0.396 e. The van der Waals surface area contributed by atoms with Crippen LogP contribution in [0.3, 0.4) is 0 Å². The van der Waals surface area contributed by atoms with Crippen LogP contribution >= 0.6 is 11.3 Å². The van der Waals surface area contributed by atoms with Gasteiger partial charge in [0.15, 0.2) is 11.3 Å². The number of hydrogen-bond donors (Lipinski definition) is 1. The van der Waals surface area contributed by atoms with Crippen LogP contribution in [0.15, 0.2) is 21.3 Å². The Morgan fingerprint density at radius 3 is 2.95 bits per heavy atom. The number of benzene rings is 1. The molecule has 1 fully saturated rings. The summed E-state index contributed by atoms with van der Waals surface area (Å²) < 4.78 is 11.3. The van der Waals surface area contributed by atoms with Gasteiger partial charge in [0.2, 0.25) is 0 Å². The number of piperazine rings is 1. The zero-order valence-corrected chi connectivity index (χ0v) is 11.6. The standard InChI is InChI=1S/C13H16N2O3S/c1-17-10-6-9(8-15-4-2-14-3-5-15)7-11-12(10)18-13(16)19-11/h6-7,14H,2-5,8H2,1H3.